The predicted molar refractivity (Wildman–Crippen MR) is 117 cm³/mol. The molecule has 0 bridgehead atoms. The van der Waals surface area contributed by atoms with Gasteiger partial charge in [0.05, 0.1) is 0 Å². The third-order valence-electron chi connectivity index (χ3n) is 7.72. The largest absolute Gasteiger partial charge is 0.489 e. The van der Waals surface area contributed by atoms with Gasteiger partial charge in [0.25, 0.3) is 0 Å². The van der Waals surface area contributed by atoms with Crippen molar-refractivity contribution in [2.45, 2.75) is 77.2 Å². The van der Waals surface area contributed by atoms with Crippen LogP contribution in [0.5, 0.6) is 5.75 Å². The fourth-order valence-corrected chi connectivity index (χ4v) is 5.75. The highest BCUT2D eigenvalue weighted by molar-refractivity contribution is 5.32. The van der Waals surface area contributed by atoms with Gasteiger partial charge >= 0.3 is 0 Å². The molecule has 2 aliphatic rings. The Kier molecular flexibility index (Phi) is 7.42. The Balaban J connectivity index is 1.35. The van der Waals surface area contributed by atoms with Gasteiger partial charge in [0.2, 0.25) is 0 Å². The minimum absolute atomic E-state index is 0.158. The summed E-state index contributed by atoms with van der Waals surface area (Å²) in [5.41, 5.74) is 1.08. The van der Waals surface area contributed by atoms with Crippen molar-refractivity contribution < 1.29 is 22.3 Å². The Bertz CT molecular complexity index is 889. The van der Waals surface area contributed by atoms with Crippen molar-refractivity contribution in [1.82, 2.24) is 0 Å². The maximum absolute atomic E-state index is 14.3. The molecule has 0 spiro atoms. The van der Waals surface area contributed by atoms with Crippen molar-refractivity contribution >= 4 is 0 Å². The Morgan fingerprint density at radius 1 is 0.750 bits per heavy atom. The summed E-state index contributed by atoms with van der Waals surface area (Å²) < 4.78 is 59.8. The quantitative estimate of drug-likeness (QED) is 0.319. The van der Waals surface area contributed by atoms with E-state index in [1.54, 1.807) is 6.07 Å². The van der Waals surface area contributed by atoms with Gasteiger partial charge in [-0.15, -0.1) is 0 Å². The average molecular weight is 449 g/mol. The molecule has 5 heteroatoms. The highest BCUT2D eigenvalue weighted by Crippen LogP contribution is 2.44. The molecule has 0 unspecified atom stereocenters. The molecule has 0 saturated heterocycles. The van der Waals surface area contributed by atoms with Crippen molar-refractivity contribution in [2.24, 2.45) is 17.8 Å². The van der Waals surface area contributed by atoms with Crippen molar-refractivity contribution in [2.75, 3.05) is 0 Å². The number of benzene rings is 2. The van der Waals surface area contributed by atoms with Crippen LogP contribution >= 0.6 is 0 Å². The van der Waals surface area contributed by atoms with Crippen LogP contribution in [0.1, 0.15) is 81.8 Å². The Morgan fingerprint density at radius 3 is 1.94 bits per heavy atom. The zero-order valence-corrected chi connectivity index (χ0v) is 18.7. The van der Waals surface area contributed by atoms with Crippen LogP contribution in [-0.4, -0.2) is 0 Å². The molecular weight excluding hydrogens is 416 g/mol. The minimum atomic E-state index is -1.50. The maximum atomic E-state index is 14.3. The van der Waals surface area contributed by atoms with Gasteiger partial charge in [0.1, 0.15) is 18.2 Å². The lowest BCUT2D eigenvalue weighted by atomic mass is 9.68. The molecule has 2 saturated carbocycles. The van der Waals surface area contributed by atoms with E-state index in [0.717, 1.165) is 48.3 Å². The molecule has 0 aliphatic heterocycles. The molecule has 0 radical (unpaired) electrons. The summed E-state index contributed by atoms with van der Waals surface area (Å²) in [6, 6.07) is 6.47. The van der Waals surface area contributed by atoms with E-state index >= 15 is 0 Å². The highest BCUT2D eigenvalue weighted by Gasteiger charge is 2.31. The second-order valence-electron chi connectivity index (χ2n) is 9.68. The fourth-order valence-electron chi connectivity index (χ4n) is 5.75. The van der Waals surface area contributed by atoms with E-state index in [2.05, 4.69) is 6.92 Å². The summed E-state index contributed by atoms with van der Waals surface area (Å²) in [6.07, 6.45) is 11.2. The van der Waals surface area contributed by atoms with Crippen LogP contribution < -0.4 is 4.74 Å². The van der Waals surface area contributed by atoms with E-state index < -0.39 is 17.5 Å². The fraction of sp³-hybridized carbons (Fsp3) is 0.556. The lowest BCUT2D eigenvalue weighted by molar-refractivity contribution is 0.158. The van der Waals surface area contributed by atoms with Crippen molar-refractivity contribution in [3.05, 3.63) is 64.7 Å². The minimum Gasteiger partial charge on any atom is -0.489 e. The average Bonchev–Trinajstić information content (AvgIpc) is 2.81. The maximum Gasteiger partial charge on any atom is 0.194 e. The number of ether oxygens (including phenoxy) is 1. The van der Waals surface area contributed by atoms with Gasteiger partial charge in [-0.25, -0.2) is 17.6 Å². The van der Waals surface area contributed by atoms with Gasteiger partial charge < -0.3 is 4.74 Å². The molecule has 2 aromatic rings. The van der Waals surface area contributed by atoms with Crippen LogP contribution in [0.3, 0.4) is 0 Å². The van der Waals surface area contributed by atoms with E-state index in [1.807, 2.05) is 6.07 Å². The molecule has 0 N–H and O–H groups in total. The molecular formula is C27H32F4O. The number of hydrogen-bond acceptors (Lipinski definition) is 1. The lowest BCUT2D eigenvalue weighted by Gasteiger charge is -2.38. The molecule has 2 aromatic carbocycles. The summed E-state index contributed by atoms with van der Waals surface area (Å²) >= 11 is 0. The van der Waals surface area contributed by atoms with Gasteiger partial charge in [-0.3, -0.25) is 0 Å². The number of hydrogen-bond donors (Lipinski definition) is 0. The van der Waals surface area contributed by atoms with E-state index in [4.69, 9.17) is 4.74 Å². The third kappa shape index (κ3) is 5.47. The first-order valence-electron chi connectivity index (χ1n) is 12.0. The molecule has 1 nitrogen and oxygen atoms in total. The monoisotopic (exact) mass is 448 g/mol. The summed E-state index contributed by atoms with van der Waals surface area (Å²) in [4.78, 5) is 0. The molecule has 2 fully saturated rings. The normalized spacial score (nSPS) is 26.2. The second-order valence-corrected chi connectivity index (χ2v) is 9.68. The second kappa shape index (κ2) is 10.3. The van der Waals surface area contributed by atoms with Crippen LogP contribution in [0.4, 0.5) is 17.6 Å². The van der Waals surface area contributed by atoms with Crippen LogP contribution in [0.2, 0.25) is 0 Å². The van der Waals surface area contributed by atoms with Gasteiger partial charge in [-0.05, 0) is 97.6 Å². The first-order chi connectivity index (χ1) is 15.4. The zero-order chi connectivity index (χ0) is 22.7. The predicted octanol–water partition coefficient (Wildman–Crippen LogP) is 8.31. The molecule has 32 heavy (non-hydrogen) atoms. The zero-order valence-electron chi connectivity index (χ0n) is 18.7. The number of rotatable bonds is 6. The Labute approximate surface area is 188 Å². The molecule has 2 aliphatic carbocycles. The summed E-state index contributed by atoms with van der Waals surface area (Å²) in [5, 5.41) is 0. The molecule has 0 amide bonds. The van der Waals surface area contributed by atoms with Gasteiger partial charge in [-0.1, -0.05) is 26.2 Å². The van der Waals surface area contributed by atoms with Gasteiger partial charge in [0.15, 0.2) is 17.5 Å². The molecule has 4 rings (SSSR count). The van der Waals surface area contributed by atoms with Crippen LogP contribution in [-0.2, 0) is 6.61 Å². The van der Waals surface area contributed by atoms with E-state index in [9.17, 15) is 17.6 Å². The van der Waals surface area contributed by atoms with Gasteiger partial charge in [0, 0.05) is 6.07 Å². The first kappa shape index (κ1) is 23.1. The van der Waals surface area contributed by atoms with E-state index in [1.165, 1.54) is 51.0 Å². The van der Waals surface area contributed by atoms with Crippen LogP contribution in [0.15, 0.2) is 30.3 Å². The van der Waals surface area contributed by atoms with Crippen molar-refractivity contribution in [1.29, 1.82) is 0 Å². The van der Waals surface area contributed by atoms with Crippen LogP contribution in [0, 0.1) is 41.0 Å². The van der Waals surface area contributed by atoms with Gasteiger partial charge in [-0.2, -0.15) is 0 Å². The Hall–Kier alpha value is -2.04. The van der Waals surface area contributed by atoms with Crippen LogP contribution in [0.25, 0.3) is 0 Å². The summed E-state index contributed by atoms with van der Waals surface area (Å²) in [5.74, 6) is -1.23. The summed E-state index contributed by atoms with van der Waals surface area (Å²) in [7, 11) is 0. The van der Waals surface area contributed by atoms with E-state index in [0.29, 0.717) is 11.7 Å². The summed E-state index contributed by atoms with van der Waals surface area (Å²) in [6.45, 7) is 2.13. The Morgan fingerprint density at radius 2 is 1.34 bits per heavy atom. The first-order valence-corrected chi connectivity index (χ1v) is 12.0. The number of halogens is 4. The molecule has 174 valence electrons. The third-order valence-corrected chi connectivity index (χ3v) is 7.72. The standard InChI is InChI=1S/C27H32F4O/c1-2-17-3-5-19(6-4-17)20-7-9-21(10-8-20)22-13-23(28)15-24(14-22)32-16-18-11-25(29)27(31)26(30)12-18/h11-15,17,19-21H,2-10,16H2,1H3. The topological polar surface area (TPSA) is 9.23 Å². The lowest BCUT2D eigenvalue weighted by Crippen LogP contribution is -2.25. The highest BCUT2D eigenvalue weighted by atomic mass is 19.2. The SMILES string of the molecule is CCC1CCC(C2CCC(c3cc(F)cc(OCc4cc(F)c(F)c(F)c4)c3)CC2)CC1. The molecule has 0 atom stereocenters. The van der Waals surface area contributed by atoms with Crippen molar-refractivity contribution in [3.8, 4) is 5.75 Å². The van der Waals surface area contributed by atoms with Crippen molar-refractivity contribution in [3.63, 3.8) is 0 Å². The molecule has 0 aromatic heterocycles. The molecule has 0 heterocycles. The smallest absolute Gasteiger partial charge is 0.194 e. The van der Waals surface area contributed by atoms with E-state index in [-0.39, 0.29) is 18.0 Å².